The van der Waals surface area contributed by atoms with Gasteiger partial charge in [0.05, 0.1) is 5.69 Å². The first-order valence-electron chi connectivity index (χ1n) is 4.44. The van der Waals surface area contributed by atoms with Gasteiger partial charge in [-0.1, -0.05) is 11.8 Å². The largest absolute Gasteiger partial charge is 0.384 e. The highest BCUT2D eigenvalue weighted by atomic mass is 32.2. The highest BCUT2D eigenvalue weighted by Crippen LogP contribution is 2.24. The minimum absolute atomic E-state index is 0.708. The summed E-state index contributed by atoms with van der Waals surface area (Å²) in [5.41, 5.74) is 7.90. The maximum absolute atomic E-state index is 5.88. The smallest absolute Gasteiger partial charge is 0.183 e. The van der Waals surface area contributed by atoms with Gasteiger partial charge in [-0.2, -0.15) is 10.2 Å². The van der Waals surface area contributed by atoms with E-state index in [1.54, 1.807) is 16.4 Å². The first-order chi connectivity index (χ1) is 7.18. The fraction of sp³-hybridized carbons (Fsp3) is 0.375. The molecule has 0 aliphatic rings. The summed E-state index contributed by atoms with van der Waals surface area (Å²) < 4.78 is 1.69. The molecule has 7 heteroatoms. The Morgan fingerprint density at radius 2 is 2.40 bits per heavy atom. The summed E-state index contributed by atoms with van der Waals surface area (Å²) in [6.07, 6.45) is 1.49. The number of aryl methyl sites for hydroxylation is 2. The van der Waals surface area contributed by atoms with Crippen LogP contribution in [0.4, 0.5) is 5.82 Å². The molecule has 0 bridgehead atoms. The van der Waals surface area contributed by atoms with Crippen molar-refractivity contribution in [2.24, 2.45) is 7.05 Å². The standard InChI is InChI=1S/C8H12N6S/c1-5-6(7(9)14(2)13-5)3-15-8-10-4-11-12-8/h4H,3,9H2,1-2H3,(H,10,11,12). The third kappa shape index (κ3) is 1.96. The first-order valence-corrected chi connectivity index (χ1v) is 5.43. The van der Waals surface area contributed by atoms with Crippen molar-refractivity contribution >= 4 is 17.6 Å². The molecule has 0 saturated heterocycles. The molecule has 0 unspecified atom stereocenters. The molecule has 6 nitrogen and oxygen atoms in total. The Labute approximate surface area is 91.3 Å². The molecule has 0 aliphatic heterocycles. The lowest BCUT2D eigenvalue weighted by Crippen LogP contribution is -1.99. The van der Waals surface area contributed by atoms with Gasteiger partial charge in [0.1, 0.15) is 12.1 Å². The lowest BCUT2D eigenvalue weighted by atomic mass is 10.3. The summed E-state index contributed by atoms with van der Waals surface area (Å²) in [6, 6.07) is 0. The van der Waals surface area contributed by atoms with E-state index in [9.17, 15) is 0 Å². The van der Waals surface area contributed by atoms with Crippen molar-refractivity contribution in [1.29, 1.82) is 0 Å². The molecule has 0 radical (unpaired) electrons. The van der Waals surface area contributed by atoms with E-state index in [1.807, 2.05) is 14.0 Å². The second kappa shape index (κ2) is 3.93. The van der Waals surface area contributed by atoms with Crippen molar-refractivity contribution in [2.75, 3.05) is 5.73 Å². The Morgan fingerprint density at radius 3 is 2.93 bits per heavy atom. The molecule has 0 aliphatic carbocycles. The number of nitrogens with two attached hydrogens (primary N) is 1. The molecule has 0 spiro atoms. The third-order valence-electron chi connectivity index (χ3n) is 2.14. The SMILES string of the molecule is Cc1nn(C)c(N)c1CSc1ncn[nH]1. The molecular weight excluding hydrogens is 212 g/mol. The Balaban J connectivity index is 2.11. The second-order valence-electron chi connectivity index (χ2n) is 3.15. The van der Waals surface area contributed by atoms with Gasteiger partial charge in [0.15, 0.2) is 5.16 Å². The number of hydrogen-bond donors (Lipinski definition) is 2. The van der Waals surface area contributed by atoms with Gasteiger partial charge in [-0.3, -0.25) is 9.78 Å². The van der Waals surface area contributed by atoms with E-state index >= 15 is 0 Å². The average Bonchev–Trinajstić information content (AvgIpc) is 2.76. The predicted molar refractivity (Wildman–Crippen MR) is 58.3 cm³/mol. The van der Waals surface area contributed by atoms with Gasteiger partial charge in [-0.05, 0) is 6.92 Å². The number of rotatable bonds is 3. The number of nitrogen functional groups attached to an aromatic ring is 1. The van der Waals surface area contributed by atoms with Crippen molar-refractivity contribution in [2.45, 2.75) is 17.8 Å². The van der Waals surface area contributed by atoms with Crippen LogP contribution in [-0.2, 0) is 12.8 Å². The van der Waals surface area contributed by atoms with Crippen molar-refractivity contribution in [3.05, 3.63) is 17.6 Å². The van der Waals surface area contributed by atoms with Crippen molar-refractivity contribution in [1.82, 2.24) is 25.0 Å². The number of thioether (sulfide) groups is 1. The molecule has 0 atom stereocenters. The Hall–Kier alpha value is -1.50. The maximum Gasteiger partial charge on any atom is 0.183 e. The zero-order valence-electron chi connectivity index (χ0n) is 8.56. The molecule has 2 heterocycles. The van der Waals surface area contributed by atoms with Gasteiger partial charge in [-0.15, -0.1) is 0 Å². The van der Waals surface area contributed by atoms with Crippen LogP contribution in [0.2, 0.25) is 0 Å². The van der Waals surface area contributed by atoms with E-state index in [4.69, 9.17) is 5.73 Å². The normalized spacial score (nSPS) is 10.8. The van der Waals surface area contributed by atoms with Gasteiger partial charge in [0, 0.05) is 18.4 Å². The van der Waals surface area contributed by atoms with Crippen LogP contribution in [0, 0.1) is 6.92 Å². The number of nitrogens with one attached hydrogen (secondary N) is 1. The molecule has 2 aromatic heterocycles. The van der Waals surface area contributed by atoms with Crippen LogP contribution in [-0.4, -0.2) is 25.0 Å². The number of aromatic amines is 1. The number of aromatic nitrogens is 5. The van der Waals surface area contributed by atoms with E-state index in [-0.39, 0.29) is 0 Å². The van der Waals surface area contributed by atoms with Crippen LogP contribution >= 0.6 is 11.8 Å². The third-order valence-corrected chi connectivity index (χ3v) is 3.04. The van der Waals surface area contributed by atoms with E-state index in [2.05, 4.69) is 20.3 Å². The topological polar surface area (TPSA) is 85.4 Å². The molecule has 15 heavy (non-hydrogen) atoms. The molecule has 0 aromatic carbocycles. The summed E-state index contributed by atoms with van der Waals surface area (Å²) in [5.74, 6) is 1.46. The summed E-state index contributed by atoms with van der Waals surface area (Å²) in [4.78, 5) is 4.03. The monoisotopic (exact) mass is 224 g/mol. The number of H-pyrrole nitrogens is 1. The zero-order valence-corrected chi connectivity index (χ0v) is 9.38. The van der Waals surface area contributed by atoms with Crippen molar-refractivity contribution in [3.8, 4) is 0 Å². The van der Waals surface area contributed by atoms with Crippen LogP contribution in [0.3, 0.4) is 0 Å². The minimum Gasteiger partial charge on any atom is -0.384 e. The Bertz CT molecular complexity index is 446. The average molecular weight is 224 g/mol. The Kier molecular flexibility index (Phi) is 2.63. The zero-order chi connectivity index (χ0) is 10.8. The van der Waals surface area contributed by atoms with Crippen LogP contribution in [0.1, 0.15) is 11.3 Å². The second-order valence-corrected chi connectivity index (χ2v) is 4.12. The number of nitrogens with zero attached hydrogens (tertiary/aromatic N) is 4. The predicted octanol–water partition coefficient (Wildman–Crippen LogP) is 0.721. The lowest BCUT2D eigenvalue weighted by molar-refractivity contribution is 0.767. The van der Waals surface area contributed by atoms with E-state index in [0.29, 0.717) is 5.82 Å². The summed E-state index contributed by atoms with van der Waals surface area (Å²) in [6.45, 7) is 1.95. The molecule has 0 amide bonds. The number of anilines is 1. The van der Waals surface area contributed by atoms with E-state index in [0.717, 1.165) is 22.2 Å². The lowest BCUT2D eigenvalue weighted by Gasteiger charge is -1.99. The van der Waals surface area contributed by atoms with Crippen LogP contribution in [0.15, 0.2) is 11.5 Å². The fourth-order valence-corrected chi connectivity index (χ4v) is 2.18. The van der Waals surface area contributed by atoms with E-state index < -0.39 is 0 Å². The summed E-state index contributed by atoms with van der Waals surface area (Å²) >= 11 is 1.56. The summed E-state index contributed by atoms with van der Waals surface area (Å²) in [7, 11) is 1.84. The fourth-order valence-electron chi connectivity index (χ4n) is 1.30. The quantitative estimate of drug-likeness (QED) is 0.750. The highest BCUT2D eigenvalue weighted by molar-refractivity contribution is 7.98. The van der Waals surface area contributed by atoms with Gasteiger partial charge in [-0.25, -0.2) is 4.98 Å². The Morgan fingerprint density at radius 1 is 1.60 bits per heavy atom. The van der Waals surface area contributed by atoms with Gasteiger partial charge in [0.25, 0.3) is 0 Å². The molecule has 3 N–H and O–H groups in total. The minimum atomic E-state index is 0.708. The van der Waals surface area contributed by atoms with Gasteiger partial charge >= 0.3 is 0 Å². The molecule has 80 valence electrons. The molecule has 2 aromatic rings. The molecule has 0 fully saturated rings. The highest BCUT2D eigenvalue weighted by Gasteiger charge is 2.10. The van der Waals surface area contributed by atoms with Crippen LogP contribution < -0.4 is 5.73 Å². The first kappa shape index (κ1) is 10.0. The van der Waals surface area contributed by atoms with Gasteiger partial charge < -0.3 is 5.73 Å². The van der Waals surface area contributed by atoms with Crippen LogP contribution in [0.5, 0.6) is 0 Å². The molecule has 0 saturated carbocycles. The molecular formula is C8H12N6S. The van der Waals surface area contributed by atoms with E-state index in [1.165, 1.54) is 6.33 Å². The van der Waals surface area contributed by atoms with Crippen molar-refractivity contribution < 1.29 is 0 Å². The van der Waals surface area contributed by atoms with Crippen LogP contribution in [0.25, 0.3) is 0 Å². The van der Waals surface area contributed by atoms with Crippen molar-refractivity contribution in [3.63, 3.8) is 0 Å². The van der Waals surface area contributed by atoms with Gasteiger partial charge in [0.2, 0.25) is 0 Å². The molecule has 2 rings (SSSR count). The summed E-state index contributed by atoms with van der Waals surface area (Å²) in [5, 5.41) is 11.6. The maximum atomic E-state index is 5.88. The number of hydrogen-bond acceptors (Lipinski definition) is 5.